The number of carbonyl (C=O) groups excluding carboxylic acids is 1. The summed E-state index contributed by atoms with van der Waals surface area (Å²) < 4.78 is 20.0. The average molecular weight is 356 g/mol. The third-order valence-electron chi connectivity index (χ3n) is 3.52. The maximum atomic E-state index is 13.6. The SMILES string of the molecule is COc1ccc(C(=O)NCCNc2ccc(-n3cccn3)nn2)cc1F. The van der Waals surface area contributed by atoms with Crippen LogP contribution in [0.3, 0.4) is 0 Å². The Morgan fingerprint density at radius 1 is 1.23 bits per heavy atom. The Bertz CT molecular complexity index is 867. The number of hydrogen-bond acceptors (Lipinski definition) is 6. The molecule has 0 fully saturated rings. The largest absolute Gasteiger partial charge is 0.494 e. The minimum absolute atomic E-state index is 0.0975. The van der Waals surface area contributed by atoms with Gasteiger partial charge in [0.1, 0.15) is 5.82 Å². The zero-order valence-electron chi connectivity index (χ0n) is 14.0. The van der Waals surface area contributed by atoms with Crippen LogP contribution in [0.2, 0.25) is 0 Å². The lowest BCUT2D eigenvalue weighted by molar-refractivity contribution is 0.0954. The van der Waals surface area contributed by atoms with Gasteiger partial charge >= 0.3 is 0 Å². The number of carbonyl (C=O) groups is 1. The Morgan fingerprint density at radius 3 is 2.77 bits per heavy atom. The summed E-state index contributed by atoms with van der Waals surface area (Å²) in [6.45, 7) is 0.787. The molecule has 1 amide bonds. The van der Waals surface area contributed by atoms with Gasteiger partial charge in [0.15, 0.2) is 17.4 Å². The van der Waals surface area contributed by atoms with E-state index < -0.39 is 5.82 Å². The van der Waals surface area contributed by atoms with E-state index in [4.69, 9.17) is 4.74 Å². The summed E-state index contributed by atoms with van der Waals surface area (Å²) in [6, 6.07) is 9.40. The number of nitrogens with one attached hydrogen (secondary N) is 2. The number of benzene rings is 1. The van der Waals surface area contributed by atoms with Crippen LogP contribution in [0.4, 0.5) is 10.2 Å². The molecular formula is C17H17FN6O2. The van der Waals surface area contributed by atoms with Crippen LogP contribution in [-0.2, 0) is 0 Å². The van der Waals surface area contributed by atoms with Crippen molar-refractivity contribution >= 4 is 11.7 Å². The summed E-state index contributed by atoms with van der Waals surface area (Å²) >= 11 is 0. The van der Waals surface area contributed by atoms with Gasteiger partial charge in [-0.05, 0) is 36.4 Å². The van der Waals surface area contributed by atoms with Crippen molar-refractivity contribution in [3.8, 4) is 11.6 Å². The molecule has 0 aliphatic heterocycles. The molecule has 0 radical (unpaired) electrons. The van der Waals surface area contributed by atoms with Crippen LogP contribution < -0.4 is 15.4 Å². The highest BCUT2D eigenvalue weighted by Crippen LogP contribution is 2.17. The van der Waals surface area contributed by atoms with Gasteiger partial charge in [0, 0.05) is 31.0 Å². The fourth-order valence-corrected chi connectivity index (χ4v) is 2.22. The molecule has 0 unspecified atom stereocenters. The first-order valence-corrected chi connectivity index (χ1v) is 7.87. The molecule has 3 aromatic rings. The van der Waals surface area contributed by atoms with Crippen LogP contribution in [0.25, 0.3) is 5.82 Å². The molecule has 0 saturated heterocycles. The molecule has 8 nitrogen and oxygen atoms in total. The van der Waals surface area contributed by atoms with Crippen molar-refractivity contribution in [2.45, 2.75) is 0 Å². The van der Waals surface area contributed by atoms with Gasteiger partial charge in [-0.2, -0.15) is 5.10 Å². The average Bonchev–Trinajstić information content (AvgIpc) is 3.20. The maximum absolute atomic E-state index is 13.6. The number of ether oxygens (including phenoxy) is 1. The van der Waals surface area contributed by atoms with Gasteiger partial charge in [0.2, 0.25) is 0 Å². The quantitative estimate of drug-likeness (QED) is 0.625. The Morgan fingerprint density at radius 2 is 2.12 bits per heavy atom. The predicted octanol–water partition coefficient (Wildman–Crippen LogP) is 1.65. The number of halogens is 1. The van der Waals surface area contributed by atoms with Crippen LogP contribution in [-0.4, -0.2) is 46.1 Å². The molecule has 9 heteroatoms. The van der Waals surface area contributed by atoms with E-state index in [1.54, 1.807) is 35.3 Å². The highest BCUT2D eigenvalue weighted by atomic mass is 19.1. The van der Waals surface area contributed by atoms with Crippen LogP contribution in [0.5, 0.6) is 5.75 Å². The highest BCUT2D eigenvalue weighted by molar-refractivity contribution is 5.94. The van der Waals surface area contributed by atoms with Crippen molar-refractivity contribution in [3.05, 3.63) is 60.2 Å². The van der Waals surface area contributed by atoms with Crippen LogP contribution in [0, 0.1) is 5.82 Å². The van der Waals surface area contributed by atoms with Crippen molar-refractivity contribution in [1.82, 2.24) is 25.3 Å². The Labute approximate surface area is 149 Å². The first kappa shape index (κ1) is 17.3. The molecular weight excluding hydrogens is 339 g/mol. The van der Waals surface area contributed by atoms with Gasteiger partial charge in [-0.1, -0.05) is 0 Å². The Balaban J connectivity index is 1.46. The summed E-state index contributed by atoms with van der Waals surface area (Å²) in [5.41, 5.74) is 0.228. The van der Waals surface area contributed by atoms with Gasteiger partial charge in [-0.15, -0.1) is 10.2 Å². The zero-order chi connectivity index (χ0) is 18.4. The van der Waals surface area contributed by atoms with E-state index in [-0.39, 0.29) is 17.2 Å². The number of methoxy groups -OCH3 is 1. The summed E-state index contributed by atoms with van der Waals surface area (Å²) in [4.78, 5) is 12.0. The third kappa shape index (κ3) is 4.12. The number of aromatic nitrogens is 4. The molecule has 2 N–H and O–H groups in total. The van der Waals surface area contributed by atoms with E-state index >= 15 is 0 Å². The molecule has 0 saturated carbocycles. The van der Waals surface area contributed by atoms with E-state index in [9.17, 15) is 9.18 Å². The first-order chi connectivity index (χ1) is 12.7. The zero-order valence-corrected chi connectivity index (χ0v) is 14.0. The third-order valence-corrected chi connectivity index (χ3v) is 3.52. The second kappa shape index (κ2) is 8.06. The fraction of sp³-hybridized carbons (Fsp3) is 0.176. The second-order valence-corrected chi connectivity index (χ2v) is 5.26. The number of nitrogens with zero attached hydrogens (tertiary/aromatic N) is 4. The minimum atomic E-state index is -0.578. The van der Waals surface area contributed by atoms with Crippen molar-refractivity contribution in [2.75, 3.05) is 25.5 Å². The van der Waals surface area contributed by atoms with Crippen molar-refractivity contribution < 1.29 is 13.9 Å². The van der Waals surface area contributed by atoms with Gasteiger partial charge in [-0.25, -0.2) is 9.07 Å². The van der Waals surface area contributed by atoms with E-state index in [0.717, 1.165) is 6.07 Å². The van der Waals surface area contributed by atoms with Crippen molar-refractivity contribution in [1.29, 1.82) is 0 Å². The van der Waals surface area contributed by atoms with E-state index in [2.05, 4.69) is 25.9 Å². The smallest absolute Gasteiger partial charge is 0.251 e. The van der Waals surface area contributed by atoms with E-state index in [1.807, 2.05) is 0 Å². The van der Waals surface area contributed by atoms with E-state index in [0.29, 0.717) is 24.7 Å². The summed E-state index contributed by atoms with van der Waals surface area (Å²) in [5, 5.41) is 17.9. The summed E-state index contributed by atoms with van der Waals surface area (Å²) in [5.74, 6) is 0.334. The predicted molar refractivity (Wildman–Crippen MR) is 92.9 cm³/mol. The Hall–Kier alpha value is -3.49. The van der Waals surface area contributed by atoms with Crippen LogP contribution in [0.15, 0.2) is 48.8 Å². The number of amides is 1. The Kier molecular flexibility index (Phi) is 5.37. The molecule has 1 aromatic carbocycles. The maximum Gasteiger partial charge on any atom is 0.251 e. The molecule has 0 spiro atoms. The molecule has 0 aliphatic carbocycles. The van der Waals surface area contributed by atoms with Crippen LogP contribution >= 0.6 is 0 Å². The van der Waals surface area contributed by atoms with Gasteiger partial charge in [0.05, 0.1) is 7.11 Å². The second-order valence-electron chi connectivity index (χ2n) is 5.26. The number of rotatable bonds is 7. The number of hydrogen-bond donors (Lipinski definition) is 2. The van der Waals surface area contributed by atoms with Gasteiger partial charge in [-0.3, -0.25) is 4.79 Å². The number of anilines is 1. The van der Waals surface area contributed by atoms with Crippen LogP contribution in [0.1, 0.15) is 10.4 Å². The molecule has 2 aromatic heterocycles. The molecule has 0 bridgehead atoms. The lowest BCUT2D eigenvalue weighted by atomic mass is 10.2. The van der Waals surface area contributed by atoms with Gasteiger partial charge < -0.3 is 15.4 Å². The summed E-state index contributed by atoms with van der Waals surface area (Å²) in [7, 11) is 1.37. The summed E-state index contributed by atoms with van der Waals surface area (Å²) in [6.07, 6.45) is 3.43. The first-order valence-electron chi connectivity index (χ1n) is 7.87. The molecule has 134 valence electrons. The lowest BCUT2D eigenvalue weighted by Crippen LogP contribution is -2.29. The molecule has 3 rings (SSSR count). The van der Waals surface area contributed by atoms with E-state index in [1.165, 1.54) is 19.2 Å². The molecule has 26 heavy (non-hydrogen) atoms. The van der Waals surface area contributed by atoms with Crippen molar-refractivity contribution in [2.24, 2.45) is 0 Å². The molecule has 0 atom stereocenters. The lowest BCUT2D eigenvalue weighted by Gasteiger charge is -2.08. The normalized spacial score (nSPS) is 10.4. The minimum Gasteiger partial charge on any atom is -0.494 e. The van der Waals surface area contributed by atoms with Crippen molar-refractivity contribution in [3.63, 3.8) is 0 Å². The standard InChI is InChI=1S/C17H17FN6O2/c1-26-14-4-3-12(11-13(14)18)17(25)20-9-8-19-15-5-6-16(23-22-15)24-10-2-7-21-24/h2-7,10-11H,8-9H2,1H3,(H,19,22)(H,20,25). The highest BCUT2D eigenvalue weighted by Gasteiger charge is 2.09. The fourth-order valence-electron chi connectivity index (χ4n) is 2.22. The molecule has 2 heterocycles. The monoisotopic (exact) mass is 356 g/mol. The molecule has 0 aliphatic rings. The topological polar surface area (TPSA) is 94.0 Å². The van der Waals surface area contributed by atoms with Gasteiger partial charge in [0.25, 0.3) is 5.91 Å².